The number of imidazole rings is 1. The van der Waals surface area contributed by atoms with Crippen molar-refractivity contribution in [3.05, 3.63) is 40.8 Å². The Morgan fingerprint density at radius 2 is 1.85 bits per heavy atom. The lowest BCUT2D eigenvalue weighted by molar-refractivity contribution is 0.424. The van der Waals surface area contributed by atoms with Gasteiger partial charge in [0.15, 0.2) is 0 Å². The fraction of sp³-hybridized carbons (Fsp3) is 0.600. The zero-order chi connectivity index (χ0) is 14.7. The molecule has 0 aliphatic heterocycles. The van der Waals surface area contributed by atoms with Gasteiger partial charge in [-0.1, -0.05) is 13.8 Å². The summed E-state index contributed by atoms with van der Waals surface area (Å²) in [4.78, 5) is 12.2. The summed E-state index contributed by atoms with van der Waals surface area (Å²) in [5.74, 6) is 0. The lowest BCUT2D eigenvalue weighted by Crippen LogP contribution is -2.25. The van der Waals surface area contributed by atoms with Crippen molar-refractivity contribution < 1.29 is 0 Å². The van der Waals surface area contributed by atoms with Crippen molar-refractivity contribution in [1.82, 2.24) is 18.9 Å². The van der Waals surface area contributed by atoms with E-state index >= 15 is 0 Å². The van der Waals surface area contributed by atoms with Gasteiger partial charge in [0.05, 0.1) is 18.3 Å². The van der Waals surface area contributed by atoms with Crippen LogP contribution in [0.5, 0.6) is 0 Å². The molecule has 2 heterocycles. The van der Waals surface area contributed by atoms with Crippen LogP contribution < -0.4 is 5.69 Å². The summed E-state index contributed by atoms with van der Waals surface area (Å²) in [7, 11) is 0. The third kappa shape index (κ3) is 2.86. The number of hydrogen-bond acceptors (Lipinski definition) is 2. The lowest BCUT2D eigenvalue weighted by Gasteiger charge is -2.12. The maximum absolute atomic E-state index is 12.2. The minimum absolute atomic E-state index is 0.0251. The molecule has 110 valence electrons. The smallest absolute Gasteiger partial charge is 0.297 e. The first-order chi connectivity index (χ1) is 9.56. The van der Waals surface area contributed by atoms with Crippen LogP contribution >= 0.6 is 0 Å². The Bertz CT molecular complexity index is 601. The van der Waals surface area contributed by atoms with Gasteiger partial charge in [0.25, 0.3) is 0 Å². The molecule has 2 aromatic heterocycles. The van der Waals surface area contributed by atoms with Gasteiger partial charge >= 0.3 is 5.69 Å². The third-order valence-corrected chi connectivity index (χ3v) is 3.74. The fourth-order valence-corrected chi connectivity index (χ4v) is 2.44. The van der Waals surface area contributed by atoms with Crippen LogP contribution in [0.25, 0.3) is 0 Å². The predicted molar refractivity (Wildman–Crippen MR) is 80.0 cm³/mol. The topological polar surface area (TPSA) is 44.8 Å². The number of hydrogen-bond donors (Lipinski definition) is 0. The molecular formula is C15H24N4O. The van der Waals surface area contributed by atoms with E-state index in [9.17, 15) is 4.79 Å². The summed E-state index contributed by atoms with van der Waals surface area (Å²) < 4.78 is 5.46. The maximum atomic E-state index is 12.2. The molecule has 0 bridgehead atoms. The quantitative estimate of drug-likeness (QED) is 0.814. The van der Waals surface area contributed by atoms with Crippen LogP contribution in [0.2, 0.25) is 0 Å². The zero-order valence-corrected chi connectivity index (χ0v) is 12.8. The Morgan fingerprint density at radius 3 is 2.40 bits per heavy atom. The molecule has 20 heavy (non-hydrogen) atoms. The van der Waals surface area contributed by atoms with Crippen molar-refractivity contribution in [2.45, 2.75) is 59.2 Å². The number of aromatic nitrogens is 4. The molecule has 0 unspecified atom stereocenters. The third-order valence-electron chi connectivity index (χ3n) is 3.74. The molecule has 0 saturated carbocycles. The van der Waals surface area contributed by atoms with Crippen LogP contribution in [-0.4, -0.2) is 18.9 Å². The first kappa shape index (κ1) is 14.6. The minimum atomic E-state index is 0.0251. The fourth-order valence-electron chi connectivity index (χ4n) is 2.44. The molecule has 0 aliphatic rings. The first-order valence-corrected chi connectivity index (χ1v) is 7.38. The molecule has 0 aliphatic carbocycles. The molecule has 0 radical (unpaired) electrons. The van der Waals surface area contributed by atoms with Gasteiger partial charge in [0, 0.05) is 24.6 Å². The summed E-state index contributed by atoms with van der Waals surface area (Å²) >= 11 is 0. The highest BCUT2D eigenvalue weighted by Crippen LogP contribution is 2.14. The highest BCUT2D eigenvalue weighted by molar-refractivity contribution is 5.01. The first-order valence-electron chi connectivity index (χ1n) is 7.38. The average Bonchev–Trinajstić information content (AvgIpc) is 3.00. The Labute approximate surface area is 119 Å². The van der Waals surface area contributed by atoms with E-state index < -0.39 is 0 Å². The van der Waals surface area contributed by atoms with E-state index in [4.69, 9.17) is 0 Å². The number of nitrogens with zero attached hydrogens (tertiary/aromatic N) is 4. The van der Waals surface area contributed by atoms with Crippen molar-refractivity contribution >= 4 is 0 Å². The van der Waals surface area contributed by atoms with E-state index in [0.29, 0.717) is 12.6 Å². The monoisotopic (exact) mass is 276 g/mol. The second-order valence-electron chi connectivity index (χ2n) is 5.47. The molecule has 5 nitrogen and oxygen atoms in total. The standard InChI is InChI=1S/C15H24N4O/c1-5-14(6-2)19-8-7-13(16-19)11-17-9-10-18(12(3)4)15(17)20/h7-10,12,14H,5-6,11H2,1-4H3. The van der Waals surface area contributed by atoms with Gasteiger partial charge in [0.2, 0.25) is 0 Å². The number of rotatable bonds is 6. The lowest BCUT2D eigenvalue weighted by atomic mass is 10.2. The van der Waals surface area contributed by atoms with E-state index in [0.717, 1.165) is 18.5 Å². The zero-order valence-electron chi connectivity index (χ0n) is 12.8. The van der Waals surface area contributed by atoms with Crippen LogP contribution in [0.4, 0.5) is 0 Å². The van der Waals surface area contributed by atoms with E-state index in [1.54, 1.807) is 9.13 Å². The van der Waals surface area contributed by atoms with Gasteiger partial charge in [-0.25, -0.2) is 4.79 Å². The summed E-state index contributed by atoms with van der Waals surface area (Å²) in [6.45, 7) is 8.89. The molecular weight excluding hydrogens is 252 g/mol. The summed E-state index contributed by atoms with van der Waals surface area (Å²) in [6, 6.07) is 2.63. The molecule has 2 aromatic rings. The Balaban J connectivity index is 2.17. The normalized spacial score (nSPS) is 11.7. The molecule has 0 fully saturated rings. The molecule has 0 spiro atoms. The molecule has 2 rings (SSSR count). The highest BCUT2D eigenvalue weighted by atomic mass is 16.1. The van der Waals surface area contributed by atoms with Gasteiger partial charge in [-0.15, -0.1) is 0 Å². The second-order valence-corrected chi connectivity index (χ2v) is 5.47. The van der Waals surface area contributed by atoms with E-state index in [1.165, 1.54) is 0 Å². The van der Waals surface area contributed by atoms with Gasteiger partial charge in [-0.05, 0) is 32.8 Å². The van der Waals surface area contributed by atoms with Crippen LogP contribution in [0, 0.1) is 0 Å². The minimum Gasteiger partial charge on any atom is -0.297 e. The second kappa shape index (κ2) is 6.11. The Morgan fingerprint density at radius 1 is 1.15 bits per heavy atom. The van der Waals surface area contributed by atoms with Crippen LogP contribution in [0.15, 0.2) is 29.5 Å². The van der Waals surface area contributed by atoms with Crippen molar-refractivity contribution in [3.63, 3.8) is 0 Å². The van der Waals surface area contributed by atoms with Crippen LogP contribution in [0.3, 0.4) is 0 Å². The van der Waals surface area contributed by atoms with Gasteiger partial charge in [-0.3, -0.25) is 13.8 Å². The highest BCUT2D eigenvalue weighted by Gasteiger charge is 2.10. The van der Waals surface area contributed by atoms with Crippen molar-refractivity contribution in [2.24, 2.45) is 0 Å². The predicted octanol–water partition coefficient (Wildman–Crippen LogP) is 2.84. The molecule has 0 atom stereocenters. The van der Waals surface area contributed by atoms with Gasteiger partial charge in [-0.2, -0.15) is 5.10 Å². The maximum Gasteiger partial charge on any atom is 0.328 e. The molecule has 0 amide bonds. The van der Waals surface area contributed by atoms with Crippen molar-refractivity contribution in [3.8, 4) is 0 Å². The molecule has 0 saturated heterocycles. The Kier molecular flexibility index (Phi) is 4.47. The molecule has 0 N–H and O–H groups in total. The van der Waals surface area contributed by atoms with Crippen LogP contribution in [-0.2, 0) is 6.54 Å². The van der Waals surface area contributed by atoms with E-state index in [2.05, 4.69) is 18.9 Å². The largest absolute Gasteiger partial charge is 0.328 e. The van der Waals surface area contributed by atoms with Gasteiger partial charge < -0.3 is 0 Å². The van der Waals surface area contributed by atoms with Gasteiger partial charge in [0.1, 0.15) is 0 Å². The van der Waals surface area contributed by atoms with Crippen LogP contribution in [0.1, 0.15) is 58.3 Å². The average molecular weight is 276 g/mol. The van der Waals surface area contributed by atoms with Crippen molar-refractivity contribution in [2.75, 3.05) is 0 Å². The SMILES string of the molecule is CCC(CC)n1ccc(Cn2ccn(C(C)C)c2=O)n1. The van der Waals surface area contributed by atoms with E-state index in [-0.39, 0.29) is 11.7 Å². The van der Waals surface area contributed by atoms with Crippen molar-refractivity contribution in [1.29, 1.82) is 0 Å². The Hall–Kier alpha value is -1.78. The summed E-state index contributed by atoms with van der Waals surface area (Å²) in [6.07, 6.45) is 7.82. The molecule has 5 heteroatoms. The summed E-state index contributed by atoms with van der Waals surface area (Å²) in [5, 5.41) is 4.59. The van der Waals surface area contributed by atoms with E-state index in [1.807, 2.05) is 43.2 Å². The summed E-state index contributed by atoms with van der Waals surface area (Å²) in [5.41, 5.74) is 0.956. The molecule has 0 aromatic carbocycles.